The first-order chi connectivity index (χ1) is 15.0. The molecule has 4 nitrogen and oxygen atoms in total. The molecule has 1 saturated carbocycles. The van der Waals surface area contributed by atoms with Crippen molar-refractivity contribution in [3.05, 3.63) is 74.8 Å². The largest absolute Gasteiger partial charge is 0.399 e. The molecule has 1 aliphatic rings. The van der Waals surface area contributed by atoms with E-state index in [1.165, 1.54) is 30.3 Å². The summed E-state index contributed by atoms with van der Waals surface area (Å²) >= 11 is 11.7. The number of hydrogen-bond donors (Lipinski definition) is 2. The molecule has 1 unspecified atom stereocenters. The molecule has 2 amide bonds. The third kappa shape index (κ3) is 6.74. The maximum atomic E-state index is 13.6. The van der Waals surface area contributed by atoms with E-state index in [2.05, 4.69) is 10.6 Å². The standard InChI is InChI=1S/C23H21Cl2F3N2O2/c1-13-8-14(2-6-19(13)22(32)29-12-21(31)30-18-4-5-18)3-7-20(23(26,27)28)15-9-16(24)11-17(25)10-15/h2-3,6-11,18,20H,4-5,12H2,1H3,(H,29,32)(H,30,31). The fraction of sp³-hybridized carbons (Fsp3) is 0.304. The van der Waals surface area contributed by atoms with Crippen molar-refractivity contribution in [3.8, 4) is 0 Å². The van der Waals surface area contributed by atoms with Gasteiger partial charge in [0.1, 0.15) is 0 Å². The van der Waals surface area contributed by atoms with Gasteiger partial charge in [-0.05, 0) is 60.7 Å². The van der Waals surface area contributed by atoms with Crippen molar-refractivity contribution in [1.82, 2.24) is 10.6 Å². The Morgan fingerprint density at radius 3 is 2.34 bits per heavy atom. The second-order valence-corrected chi connectivity index (χ2v) is 8.55. The molecular weight excluding hydrogens is 464 g/mol. The van der Waals surface area contributed by atoms with Crippen LogP contribution in [0.15, 0.2) is 42.5 Å². The van der Waals surface area contributed by atoms with Crippen molar-refractivity contribution in [1.29, 1.82) is 0 Å². The van der Waals surface area contributed by atoms with E-state index in [9.17, 15) is 22.8 Å². The summed E-state index contributed by atoms with van der Waals surface area (Å²) in [6.07, 6.45) is -0.273. The van der Waals surface area contributed by atoms with Crippen molar-refractivity contribution < 1.29 is 22.8 Å². The van der Waals surface area contributed by atoms with Gasteiger partial charge in [-0.25, -0.2) is 0 Å². The second-order valence-electron chi connectivity index (χ2n) is 7.68. The monoisotopic (exact) mass is 484 g/mol. The molecule has 2 N–H and O–H groups in total. The number of carbonyl (C=O) groups is 2. The number of hydrogen-bond acceptors (Lipinski definition) is 2. The fourth-order valence-electron chi connectivity index (χ4n) is 3.18. The van der Waals surface area contributed by atoms with Gasteiger partial charge in [0.15, 0.2) is 0 Å². The zero-order valence-electron chi connectivity index (χ0n) is 17.1. The van der Waals surface area contributed by atoms with E-state index >= 15 is 0 Å². The first-order valence-electron chi connectivity index (χ1n) is 9.92. The molecule has 0 aromatic heterocycles. The van der Waals surface area contributed by atoms with Crippen molar-refractivity contribution in [3.63, 3.8) is 0 Å². The number of halogens is 5. The van der Waals surface area contributed by atoms with Crippen molar-refractivity contribution in [2.45, 2.75) is 37.9 Å². The van der Waals surface area contributed by atoms with Gasteiger partial charge in [0, 0.05) is 21.7 Å². The number of aryl methyl sites for hydroxylation is 1. The van der Waals surface area contributed by atoms with Gasteiger partial charge in [-0.2, -0.15) is 13.2 Å². The Hall–Kier alpha value is -2.51. The molecule has 0 saturated heterocycles. The normalized spacial score (nSPS) is 14.9. The summed E-state index contributed by atoms with van der Waals surface area (Å²) in [7, 11) is 0. The van der Waals surface area contributed by atoms with E-state index in [0.717, 1.165) is 18.9 Å². The van der Waals surface area contributed by atoms with Crippen molar-refractivity contribution >= 4 is 41.1 Å². The van der Waals surface area contributed by atoms with E-state index < -0.39 is 18.0 Å². The van der Waals surface area contributed by atoms with Gasteiger partial charge >= 0.3 is 6.18 Å². The number of allylic oxidation sites excluding steroid dienone is 1. The van der Waals surface area contributed by atoms with E-state index in [0.29, 0.717) is 16.7 Å². The lowest BCUT2D eigenvalue weighted by molar-refractivity contribution is -0.139. The summed E-state index contributed by atoms with van der Waals surface area (Å²) in [5, 5.41) is 5.56. The first kappa shape index (κ1) is 24.1. The summed E-state index contributed by atoms with van der Waals surface area (Å²) in [6.45, 7) is 1.54. The van der Waals surface area contributed by atoms with Crippen LogP contribution in [-0.4, -0.2) is 30.6 Å². The maximum Gasteiger partial charge on any atom is 0.399 e. The third-order valence-corrected chi connectivity index (χ3v) is 5.36. The molecule has 1 fully saturated rings. The number of alkyl halides is 3. The van der Waals surface area contributed by atoms with E-state index in [1.807, 2.05) is 0 Å². The highest BCUT2D eigenvalue weighted by Crippen LogP contribution is 2.38. The number of benzene rings is 2. The van der Waals surface area contributed by atoms with Gasteiger partial charge in [-0.1, -0.05) is 47.5 Å². The lowest BCUT2D eigenvalue weighted by Crippen LogP contribution is -2.38. The fourth-order valence-corrected chi connectivity index (χ4v) is 3.72. The Morgan fingerprint density at radius 2 is 1.78 bits per heavy atom. The molecule has 170 valence electrons. The van der Waals surface area contributed by atoms with Crippen LogP contribution >= 0.6 is 23.2 Å². The number of nitrogens with one attached hydrogen (secondary N) is 2. The van der Waals surface area contributed by atoms with Crippen LogP contribution in [0.25, 0.3) is 6.08 Å². The van der Waals surface area contributed by atoms with Gasteiger partial charge in [-0.15, -0.1) is 0 Å². The predicted octanol–water partition coefficient (Wildman–Crippen LogP) is 5.67. The summed E-state index contributed by atoms with van der Waals surface area (Å²) < 4.78 is 40.9. The lowest BCUT2D eigenvalue weighted by atomic mass is 9.96. The van der Waals surface area contributed by atoms with Gasteiger partial charge < -0.3 is 10.6 Å². The Morgan fingerprint density at radius 1 is 1.12 bits per heavy atom. The molecule has 2 aromatic carbocycles. The highest BCUT2D eigenvalue weighted by molar-refractivity contribution is 6.34. The molecule has 3 rings (SSSR count). The molecule has 1 aliphatic carbocycles. The Kier molecular flexibility index (Phi) is 7.51. The molecule has 0 spiro atoms. The molecule has 9 heteroatoms. The van der Waals surface area contributed by atoms with Crippen LogP contribution in [0.5, 0.6) is 0 Å². The van der Waals surface area contributed by atoms with E-state index in [4.69, 9.17) is 23.2 Å². The van der Waals surface area contributed by atoms with Crippen molar-refractivity contribution in [2.24, 2.45) is 0 Å². The van der Waals surface area contributed by atoms with Crippen LogP contribution in [0, 0.1) is 6.92 Å². The van der Waals surface area contributed by atoms with Crippen LogP contribution in [-0.2, 0) is 4.79 Å². The summed E-state index contributed by atoms with van der Waals surface area (Å²) in [4.78, 5) is 24.1. The molecule has 1 atom stereocenters. The summed E-state index contributed by atoms with van der Waals surface area (Å²) in [6, 6.07) is 8.70. The molecule has 0 bridgehead atoms. The van der Waals surface area contributed by atoms with Gasteiger partial charge in [-0.3, -0.25) is 9.59 Å². The number of amides is 2. The van der Waals surface area contributed by atoms with E-state index in [1.54, 1.807) is 19.1 Å². The minimum atomic E-state index is -4.54. The predicted molar refractivity (Wildman–Crippen MR) is 119 cm³/mol. The van der Waals surface area contributed by atoms with Gasteiger partial charge in [0.25, 0.3) is 5.91 Å². The van der Waals surface area contributed by atoms with Gasteiger partial charge in [0.05, 0.1) is 12.5 Å². The highest BCUT2D eigenvalue weighted by atomic mass is 35.5. The average Bonchev–Trinajstić information content (AvgIpc) is 3.48. The SMILES string of the molecule is Cc1cc(C=CC(c2cc(Cl)cc(Cl)c2)C(F)(F)F)ccc1C(=O)NCC(=O)NC1CC1. The number of rotatable bonds is 7. The first-order valence-corrected chi connectivity index (χ1v) is 10.7. The van der Waals surface area contributed by atoms with Crippen LogP contribution in [0.2, 0.25) is 10.0 Å². The minimum absolute atomic E-state index is 0.0663. The zero-order chi connectivity index (χ0) is 23.5. The van der Waals surface area contributed by atoms with Crippen LogP contribution in [0.1, 0.15) is 45.8 Å². The van der Waals surface area contributed by atoms with Gasteiger partial charge in [0.2, 0.25) is 5.91 Å². The molecule has 2 aromatic rings. The third-order valence-electron chi connectivity index (χ3n) is 4.92. The summed E-state index contributed by atoms with van der Waals surface area (Å²) in [5.74, 6) is -2.57. The molecule has 0 radical (unpaired) electrons. The second kappa shape index (κ2) is 9.96. The Bertz CT molecular complexity index is 1030. The molecule has 0 heterocycles. The van der Waals surface area contributed by atoms with E-state index in [-0.39, 0.29) is 34.1 Å². The molecule has 0 aliphatic heterocycles. The van der Waals surface area contributed by atoms with Crippen LogP contribution in [0.4, 0.5) is 13.2 Å². The highest BCUT2D eigenvalue weighted by Gasteiger charge is 2.39. The summed E-state index contributed by atoms with van der Waals surface area (Å²) in [5.41, 5.74) is 1.34. The maximum absolute atomic E-state index is 13.6. The minimum Gasteiger partial charge on any atom is -0.352 e. The number of carbonyl (C=O) groups excluding carboxylic acids is 2. The zero-order valence-corrected chi connectivity index (χ0v) is 18.6. The Labute approximate surface area is 193 Å². The smallest absolute Gasteiger partial charge is 0.352 e. The average molecular weight is 485 g/mol. The van der Waals surface area contributed by atoms with Crippen molar-refractivity contribution in [2.75, 3.05) is 6.54 Å². The topological polar surface area (TPSA) is 58.2 Å². The lowest BCUT2D eigenvalue weighted by Gasteiger charge is -2.18. The quantitative estimate of drug-likeness (QED) is 0.531. The molecular formula is C23H21Cl2F3N2O2. The van der Waals surface area contributed by atoms with Crippen LogP contribution < -0.4 is 10.6 Å². The molecule has 32 heavy (non-hydrogen) atoms. The van der Waals surface area contributed by atoms with Crippen LogP contribution in [0.3, 0.4) is 0 Å². The Balaban J connectivity index is 1.72.